The van der Waals surface area contributed by atoms with Gasteiger partial charge in [-0.3, -0.25) is 0 Å². The summed E-state index contributed by atoms with van der Waals surface area (Å²) in [5, 5.41) is 0. The maximum atomic E-state index is 14.5. The molecule has 0 spiro atoms. The number of ether oxygens (including phenoxy) is 8. The Morgan fingerprint density at radius 2 is 0.638 bits per heavy atom. The molecule has 11 nitrogen and oxygen atoms in total. The van der Waals surface area contributed by atoms with E-state index in [9.17, 15) is 14.4 Å². The van der Waals surface area contributed by atoms with Gasteiger partial charge >= 0.3 is 18.1 Å². The standard InChI is InChI=1S/C47H42O11/c1-7-55-45(48)33-25-39(29-9-17-35(51-3)18-10-29)43(40(26-33)30-11-19-36(52-4)20-12-30)57-47(50)58-44-41(31-13-21-37(53-5)22-14-31)27-34(46(49)56-8-2)28-42(44)32-15-23-38(54-6)24-16-32/h9-28H,7-8H2,1-6H3. The molecular weight excluding hydrogens is 741 g/mol. The molecule has 296 valence electrons. The van der Waals surface area contributed by atoms with Crippen LogP contribution in [0.2, 0.25) is 0 Å². The Morgan fingerprint density at radius 1 is 0.397 bits per heavy atom. The van der Waals surface area contributed by atoms with Crippen LogP contribution in [0.4, 0.5) is 4.79 Å². The summed E-state index contributed by atoms with van der Waals surface area (Å²) in [6.07, 6.45) is -1.10. The van der Waals surface area contributed by atoms with Crippen molar-refractivity contribution in [1.29, 1.82) is 0 Å². The molecule has 0 N–H and O–H groups in total. The summed E-state index contributed by atoms with van der Waals surface area (Å²) in [6, 6.07) is 34.8. The van der Waals surface area contributed by atoms with Crippen molar-refractivity contribution < 1.29 is 52.3 Å². The molecule has 0 bridgehead atoms. The molecule has 58 heavy (non-hydrogen) atoms. The van der Waals surface area contributed by atoms with E-state index in [0.29, 0.717) is 67.5 Å². The van der Waals surface area contributed by atoms with E-state index in [1.807, 2.05) is 0 Å². The Balaban J connectivity index is 1.56. The van der Waals surface area contributed by atoms with E-state index in [1.165, 1.54) is 0 Å². The zero-order valence-corrected chi connectivity index (χ0v) is 33.0. The van der Waals surface area contributed by atoms with Gasteiger partial charge in [-0.25, -0.2) is 14.4 Å². The molecule has 0 atom stereocenters. The van der Waals surface area contributed by atoms with Gasteiger partial charge in [0.25, 0.3) is 0 Å². The second-order valence-corrected chi connectivity index (χ2v) is 12.6. The Labute approximate surface area is 336 Å². The van der Waals surface area contributed by atoms with Crippen LogP contribution in [0, 0.1) is 0 Å². The third-order valence-electron chi connectivity index (χ3n) is 9.18. The molecule has 0 aromatic heterocycles. The number of hydrogen-bond acceptors (Lipinski definition) is 11. The van der Waals surface area contributed by atoms with Crippen LogP contribution in [0.3, 0.4) is 0 Å². The summed E-state index contributed by atoms with van der Waals surface area (Å²) in [4.78, 5) is 41.0. The molecule has 0 radical (unpaired) electrons. The molecule has 6 rings (SSSR count). The van der Waals surface area contributed by atoms with Gasteiger partial charge in [0.15, 0.2) is 0 Å². The lowest BCUT2D eigenvalue weighted by atomic mass is 9.94. The molecule has 0 saturated carbocycles. The van der Waals surface area contributed by atoms with E-state index in [2.05, 4.69) is 0 Å². The average Bonchev–Trinajstić information content (AvgIpc) is 3.26. The van der Waals surface area contributed by atoms with Crippen molar-refractivity contribution in [3.05, 3.63) is 132 Å². The third-order valence-corrected chi connectivity index (χ3v) is 9.18. The normalized spacial score (nSPS) is 10.6. The van der Waals surface area contributed by atoms with Crippen LogP contribution in [-0.2, 0) is 9.47 Å². The molecule has 6 aromatic carbocycles. The van der Waals surface area contributed by atoms with Gasteiger partial charge in [-0.15, -0.1) is 0 Å². The van der Waals surface area contributed by atoms with Gasteiger partial charge in [0.2, 0.25) is 0 Å². The Bertz CT molecular complexity index is 2080. The summed E-state index contributed by atoms with van der Waals surface area (Å²) in [5.41, 5.74) is 4.52. The zero-order valence-electron chi connectivity index (χ0n) is 33.0. The van der Waals surface area contributed by atoms with Gasteiger partial charge in [-0.1, -0.05) is 48.5 Å². The fraction of sp³-hybridized carbons (Fsp3) is 0.170. The Kier molecular flexibility index (Phi) is 12.9. The molecule has 0 fully saturated rings. The van der Waals surface area contributed by atoms with Gasteiger partial charge in [-0.2, -0.15) is 0 Å². The monoisotopic (exact) mass is 782 g/mol. The lowest BCUT2D eigenvalue weighted by Crippen LogP contribution is -2.17. The number of rotatable bonds is 14. The second kappa shape index (κ2) is 18.6. The summed E-state index contributed by atoms with van der Waals surface area (Å²) in [6.45, 7) is 3.75. The average molecular weight is 783 g/mol. The van der Waals surface area contributed by atoms with Crippen LogP contribution >= 0.6 is 0 Å². The molecule has 11 heteroatoms. The lowest BCUT2D eigenvalue weighted by molar-refractivity contribution is 0.0517. The number of esters is 2. The molecule has 0 aliphatic carbocycles. The predicted molar refractivity (Wildman–Crippen MR) is 219 cm³/mol. The summed E-state index contributed by atoms with van der Waals surface area (Å²) in [7, 11) is 6.23. The molecule has 0 saturated heterocycles. The lowest BCUT2D eigenvalue weighted by Gasteiger charge is -2.20. The van der Waals surface area contributed by atoms with Gasteiger partial charge in [0, 0.05) is 22.3 Å². The molecule has 0 amide bonds. The molecule has 0 heterocycles. The van der Waals surface area contributed by atoms with Crippen molar-refractivity contribution in [2.45, 2.75) is 13.8 Å². The van der Waals surface area contributed by atoms with E-state index in [4.69, 9.17) is 37.9 Å². The first-order valence-electron chi connectivity index (χ1n) is 18.4. The highest BCUT2D eigenvalue weighted by molar-refractivity contribution is 5.98. The highest BCUT2D eigenvalue weighted by atomic mass is 16.7. The van der Waals surface area contributed by atoms with Crippen LogP contribution < -0.4 is 28.4 Å². The molecular formula is C47H42O11. The smallest absolute Gasteiger partial charge is 0.497 e. The van der Waals surface area contributed by atoms with E-state index < -0.39 is 18.1 Å². The maximum absolute atomic E-state index is 14.5. The number of benzene rings is 6. The first-order chi connectivity index (χ1) is 28.2. The first kappa shape index (κ1) is 40.4. The minimum Gasteiger partial charge on any atom is -0.497 e. The van der Waals surface area contributed by atoms with E-state index in [0.717, 1.165) is 0 Å². The first-order valence-corrected chi connectivity index (χ1v) is 18.4. The van der Waals surface area contributed by atoms with Crippen LogP contribution in [0.15, 0.2) is 121 Å². The highest BCUT2D eigenvalue weighted by Crippen LogP contribution is 2.44. The fourth-order valence-corrected chi connectivity index (χ4v) is 6.27. The predicted octanol–water partition coefficient (Wildman–Crippen LogP) is 10.3. The maximum Gasteiger partial charge on any atom is 0.519 e. The highest BCUT2D eigenvalue weighted by Gasteiger charge is 2.26. The van der Waals surface area contributed by atoms with Gasteiger partial charge < -0.3 is 37.9 Å². The molecule has 0 aliphatic heterocycles. The number of carbonyl (C=O) groups is 3. The third kappa shape index (κ3) is 9.05. The molecule has 0 aliphatic rings. The summed E-state index contributed by atoms with van der Waals surface area (Å²) < 4.78 is 44.9. The number of methoxy groups -OCH3 is 4. The summed E-state index contributed by atoms with van der Waals surface area (Å²) in [5.74, 6) is 1.50. The van der Waals surface area contributed by atoms with Crippen molar-refractivity contribution in [2.24, 2.45) is 0 Å². The van der Waals surface area contributed by atoms with Crippen molar-refractivity contribution in [3.8, 4) is 79.0 Å². The SMILES string of the molecule is CCOC(=O)c1cc(-c2ccc(OC)cc2)c(OC(=O)Oc2c(-c3ccc(OC)cc3)cc(C(=O)OCC)cc2-c2ccc(OC)cc2)c(-c2ccc(OC)cc2)c1. The second-order valence-electron chi connectivity index (χ2n) is 12.6. The van der Waals surface area contributed by atoms with Gasteiger partial charge in [-0.05, 0) is 109 Å². The van der Waals surface area contributed by atoms with E-state index >= 15 is 0 Å². The van der Waals surface area contributed by atoms with Crippen LogP contribution in [0.1, 0.15) is 34.6 Å². The van der Waals surface area contributed by atoms with Crippen molar-refractivity contribution in [1.82, 2.24) is 0 Å². The van der Waals surface area contributed by atoms with E-state index in [1.54, 1.807) is 164 Å². The molecule has 6 aromatic rings. The fourth-order valence-electron chi connectivity index (χ4n) is 6.27. The number of carbonyl (C=O) groups excluding carboxylic acids is 3. The minimum absolute atomic E-state index is 0.105. The van der Waals surface area contributed by atoms with E-state index in [-0.39, 0.29) is 35.8 Å². The summed E-state index contributed by atoms with van der Waals surface area (Å²) >= 11 is 0. The minimum atomic E-state index is -1.10. The van der Waals surface area contributed by atoms with Crippen LogP contribution in [0.25, 0.3) is 44.5 Å². The van der Waals surface area contributed by atoms with Crippen molar-refractivity contribution >= 4 is 18.1 Å². The largest absolute Gasteiger partial charge is 0.519 e. The molecule has 0 unspecified atom stereocenters. The topological polar surface area (TPSA) is 125 Å². The number of hydrogen-bond donors (Lipinski definition) is 0. The Hall–Kier alpha value is -7.27. The Morgan fingerprint density at radius 3 is 0.845 bits per heavy atom. The van der Waals surface area contributed by atoms with Gasteiger partial charge in [0.05, 0.1) is 52.8 Å². The van der Waals surface area contributed by atoms with Crippen molar-refractivity contribution in [3.63, 3.8) is 0 Å². The zero-order chi connectivity index (χ0) is 41.2. The quantitative estimate of drug-likeness (QED) is 0.0774. The van der Waals surface area contributed by atoms with Crippen molar-refractivity contribution in [2.75, 3.05) is 41.7 Å². The van der Waals surface area contributed by atoms with Crippen LogP contribution in [0.5, 0.6) is 34.5 Å². The van der Waals surface area contributed by atoms with Crippen LogP contribution in [-0.4, -0.2) is 59.7 Å². The van der Waals surface area contributed by atoms with Gasteiger partial charge in [0.1, 0.15) is 34.5 Å².